The van der Waals surface area contributed by atoms with Gasteiger partial charge >= 0.3 is 6.18 Å². The van der Waals surface area contributed by atoms with E-state index in [2.05, 4.69) is 37.5 Å². The number of aliphatic hydroxyl groups is 1. The number of allylic oxidation sites excluding steroid dienone is 1. The van der Waals surface area contributed by atoms with Gasteiger partial charge in [0.15, 0.2) is 12.1 Å². The zero-order valence-corrected chi connectivity index (χ0v) is 29.7. The molecule has 7 aliphatic rings. The lowest BCUT2D eigenvalue weighted by molar-refractivity contribution is -0.249. The van der Waals surface area contributed by atoms with Crippen LogP contribution < -0.4 is 0 Å². The fourth-order valence-corrected chi connectivity index (χ4v) is 11.1. The van der Waals surface area contributed by atoms with Gasteiger partial charge in [-0.2, -0.15) is 13.2 Å². The van der Waals surface area contributed by atoms with Crippen molar-refractivity contribution in [3.8, 4) is 0 Å². The topological polar surface area (TPSA) is 72.9 Å². The molecule has 274 valence electrons. The van der Waals surface area contributed by atoms with Gasteiger partial charge in [-0.05, 0) is 93.5 Å². The number of aliphatic hydroxyl groups excluding tert-OH is 1. The van der Waals surface area contributed by atoms with Gasteiger partial charge in [0.1, 0.15) is 5.60 Å². The van der Waals surface area contributed by atoms with Crippen molar-refractivity contribution in [2.45, 2.75) is 122 Å². The first-order chi connectivity index (χ1) is 22.8. The molecule has 48 heavy (non-hydrogen) atoms. The molecule has 11 unspecified atom stereocenters. The molecule has 5 heterocycles. The van der Waals surface area contributed by atoms with Crippen LogP contribution in [0.5, 0.6) is 0 Å². The molecule has 2 aliphatic carbocycles. The Balaban J connectivity index is 0.936. The second-order valence-electron chi connectivity index (χ2n) is 16.8. The lowest BCUT2D eigenvalue weighted by Gasteiger charge is -2.56. The molecule has 0 aromatic carbocycles. The number of fused-ring (bicyclic) bond motifs is 2. The van der Waals surface area contributed by atoms with Crippen molar-refractivity contribution >= 4 is 0 Å². The van der Waals surface area contributed by atoms with Crippen LogP contribution in [0.3, 0.4) is 0 Å². The Kier molecular flexibility index (Phi) is 10.0. The van der Waals surface area contributed by atoms with Gasteiger partial charge in [0.05, 0.1) is 19.3 Å². The summed E-state index contributed by atoms with van der Waals surface area (Å²) in [6.07, 6.45) is 1.55. The van der Waals surface area contributed by atoms with Crippen LogP contribution in [0.4, 0.5) is 13.2 Å². The van der Waals surface area contributed by atoms with Gasteiger partial charge in [0.25, 0.3) is 0 Å². The lowest BCUT2D eigenvalue weighted by Crippen LogP contribution is -2.63. The maximum atomic E-state index is 14.6. The van der Waals surface area contributed by atoms with Crippen LogP contribution in [-0.4, -0.2) is 104 Å². The Bertz CT molecular complexity index is 1180. The lowest BCUT2D eigenvalue weighted by atomic mass is 9.58. The van der Waals surface area contributed by atoms with Gasteiger partial charge in [-0.15, -0.1) is 0 Å². The first kappa shape index (κ1) is 35.5. The molecule has 13 atom stereocenters. The molecule has 2 bridgehead atoms. The highest BCUT2D eigenvalue weighted by atomic mass is 19.4. The predicted molar refractivity (Wildman–Crippen MR) is 173 cm³/mol. The number of halogens is 3. The third kappa shape index (κ3) is 6.49. The fourth-order valence-electron chi connectivity index (χ4n) is 11.1. The van der Waals surface area contributed by atoms with Gasteiger partial charge in [-0.25, -0.2) is 0 Å². The number of alkyl halides is 3. The summed E-state index contributed by atoms with van der Waals surface area (Å²) >= 11 is 0. The van der Waals surface area contributed by atoms with Crippen LogP contribution in [0.15, 0.2) is 11.3 Å². The largest absolute Gasteiger partial charge is 0.456 e. The molecule has 2 saturated carbocycles. The molecule has 6 fully saturated rings. The van der Waals surface area contributed by atoms with Gasteiger partial charge < -0.3 is 28.8 Å². The molecule has 0 amide bonds. The molecule has 4 saturated heterocycles. The van der Waals surface area contributed by atoms with Gasteiger partial charge in [0.2, 0.25) is 12.0 Å². The summed E-state index contributed by atoms with van der Waals surface area (Å²) in [6, 6.07) is 0. The summed E-state index contributed by atoms with van der Waals surface area (Å²) in [6.45, 7) is 15.6. The third-order valence-electron chi connectivity index (χ3n) is 13.9. The molecule has 0 aromatic heterocycles. The van der Waals surface area contributed by atoms with Crippen molar-refractivity contribution < 1.29 is 42.0 Å². The van der Waals surface area contributed by atoms with Crippen molar-refractivity contribution in [3.63, 3.8) is 0 Å². The summed E-state index contributed by atoms with van der Waals surface area (Å²) in [5.41, 5.74) is -0.517. The molecule has 8 nitrogen and oxygen atoms in total. The van der Waals surface area contributed by atoms with E-state index >= 15 is 0 Å². The first-order valence-corrected chi connectivity index (χ1v) is 19.0. The first-order valence-electron chi connectivity index (χ1n) is 19.0. The van der Waals surface area contributed by atoms with Gasteiger partial charge in [0, 0.05) is 57.5 Å². The average Bonchev–Trinajstić information content (AvgIpc) is 3.12. The van der Waals surface area contributed by atoms with E-state index in [1.54, 1.807) is 0 Å². The van der Waals surface area contributed by atoms with Crippen LogP contribution >= 0.6 is 0 Å². The van der Waals surface area contributed by atoms with Crippen LogP contribution in [0.1, 0.15) is 86.0 Å². The average molecular weight is 685 g/mol. The standard InChI is InChI=1S/C37H59F3N2O6/c1-22-6-9-27(29-21-45-24(3)8-10-26(22)29)25(4)33(43)44-19-18-41-14-16-42(17-15-41)20-28-31-11-7-23(2)30-12-13-35(5)47-34(36(30,31)48-35)46-32(28)37(38,39)40/h22-27,29-31,33-34,43H,6-21H2,1-5H3/t22-,23?,24?,25?,26?,27?,29?,30?,31?,33?,34?,35+,36?/m1/s1. The number of piperazine rings is 1. The van der Waals surface area contributed by atoms with Crippen LogP contribution in [0.2, 0.25) is 0 Å². The Labute approximate surface area is 285 Å². The molecular weight excluding hydrogens is 625 g/mol. The zero-order valence-electron chi connectivity index (χ0n) is 29.7. The SMILES string of the molecule is CC1CCC2C(CO1)C(C(C)C(O)OCCN1CCN(CC3=C(C(F)(F)F)OC4O[C@]5(C)CCC6C(C)CCC3C46O5)CC1)CC[C@H]2C. The quantitative estimate of drug-likeness (QED) is 0.304. The fraction of sp³-hybridized carbons (Fsp3) is 0.946. The molecular formula is C37H59F3N2O6. The molecule has 5 aliphatic heterocycles. The summed E-state index contributed by atoms with van der Waals surface area (Å²) in [5, 5.41) is 11.1. The van der Waals surface area contributed by atoms with E-state index in [9.17, 15) is 18.3 Å². The van der Waals surface area contributed by atoms with Crippen LogP contribution in [-0.2, 0) is 23.7 Å². The summed E-state index contributed by atoms with van der Waals surface area (Å²) in [4.78, 5) is 4.42. The van der Waals surface area contributed by atoms with Gasteiger partial charge in [-0.3, -0.25) is 9.80 Å². The third-order valence-corrected chi connectivity index (χ3v) is 13.9. The molecule has 1 spiro atoms. The minimum atomic E-state index is -4.59. The van der Waals surface area contributed by atoms with E-state index < -0.39 is 35.9 Å². The minimum absolute atomic E-state index is 0.0328. The smallest absolute Gasteiger partial charge is 0.449 e. The molecule has 11 heteroatoms. The maximum absolute atomic E-state index is 14.6. The van der Waals surface area contributed by atoms with E-state index in [4.69, 9.17) is 23.7 Å². The highest BCUT2D eigenvalue weighted by molar-refractivity contribution is 5.30. The maximum Gasteiger partial charge on any atom is 0.449 e. The monoisotopic (exact) mass is 684 g/mol. The minimum Gasteiger partial charge on any atom is -0.456 e. The Morgan fingerprint density at radius 1 is 0.938 bits per heavy atom. The summed E-state index contributed by atoms with van der Waals surface area (Å²) in [5.74, 6) is 0.545. The predicted octanol–water partition coefficient (Wildman–Crippen LogP) is 6.18. The Hall–Kier alpha value is -0.950. The van der Waals surface area contributed by atoms with E-state index in [0.29, 0.717) is 80.3 Å². The molecule has 0 radical (unpaired) electrons. The highest BCUT2D eigenvalue weighted by Gasteiger charge is 2.72. The second-order valence-corrected chi connectivity index (χ2v) is 16.8. The van der Waals surface area contributed by atoms with E-state index in [1.165, 1.54) is 12.8 Å². The highest BCUT2D eigenvalue weighted by Crippen LogP contribution is 2.64. The van der Waals surface area contributed by atoms with E-state index in [0.717, 1.165) is 45.4 Å². The van der Waals surface area contributed by atoms with Gasteiger partial charge in [-0.1, -0.05) is 27.2 Å². The van der Waals surface area contributed by atoms with Crippen molar-refractivity contribution in [2.75, 3.05) is 52.5 Å². The van der Waals surface area contributed by atoms with Crippen molar-refractivity contribution in [1.82, 2.24) is 9.80 Å². The normalized spacial score (nSPS) is 45.1. The van der Waals surface area contributed by atoms with E-state index in [-0.39, 0.29) is 24.3 Å². The number of rotatable bonds is 8. The van der Waals surface area contributed by atoms with Crippen molar-refractivity contribution in [1.29, 1.82) is 0 Å². The molecule has 1 N–H and O–H groups in total. The summed E-state index contributed by atoms with van der Waals surface area (Å²) < 4.78 is 74.5. The summed E-state index contributed by atoms with van der Waals surface area (Å²) in [7, 11) is 0. The zero-order chi connectivity index (χ0) is 34.0. The number of hydrogen-bond acceptors (Lipinski definition) is 8. The second kappa shape index (κ2) is 13.6. The van der Waals surface area contributed by atoms with Crippen molar-refractivity contribution in [2.24, 2.45) is 47.3 Å². The number of hydrogen-bond donors (Lipinski definition) is 1. The van der Waals surface area contributed by atoms with Crippen LogP contribution in [0, 0.1) is 47.3 Å². The Morgan fingerprint density at radius 3 is 2.42 bits per heavy atom. The number of ether oxygens (including phenoxy) is 5. The van der Waals surface area contributed by atoms with Crippen LogP contribution in [0.25, 0.3) is 0 Å². The van der Waals surface area contributed by atoms with E-state index in [1.807, 2.05) is 6.92 Å². The Morgan fingerprint density at radius 2 is 1.67 bits per heavy atom. The van der Waals surface area contributed by atoms with Crippen molar-refractivity contribution in [3.05, 3.63) is 11.3 Å². The molecule has 7 rings (SSSR count). The molecule has 0 aromatic rings. The number of nitrogens with zero attached hydrogens (tertiary/aromatic N) is 2.